The van der Waals surface area contributed by atoms with Crippen molar-refractivity contribution in [3.8, 4) is 0 Å². The van der Waals surface area contributed by atoms with Crippen LogP contribution in [0.5, 0.6) is 0 Å². The highest BCUT2D eigenvalue weighted by atomic mass is 32.1. The summed E-state index contributed by atoms with van der Waals surface area (Å²) in [6.07, 6.45) is 0. The molecule has 0 saturated carbocycles. The van der Waals surface area contributed by atoms with Crippen LogP contribution in [0.1, 0.15) is 0 Å². The number of nitrogens with one attached hydrogen (secondary N) is 2. The Morgan fingerprint density at radius 3 is 2.71 bits per heavy atom. The third-order valence-corrected chi connectivity index (χ3v) is 1.88. The number of thiocarbonyl (C=S) groups is 1. The van der Waals surface area contributed by atoms with E-state index < -0.39 is 4.92 Å². The van der Waals surface area contributed by atoms with Crippen molar-refractivity contribution in [2.75, 3.05) is 12.4 Å². The number of rotatable bonds is 2. The molecule has 0 amide bonds. The van der Waals surface area contributed by atoms with Crippen LogP contribution in [0.4, 0.5) is 11.4 Å². The van der Waals surface area contributed by atoms with Crippen LogP contribution in [0.25, 0.3) is 0 Å². The van der Waals surface area contributed by atoms with Crippen molar-refractivity contribution in [3.63, 3.8) is 0 Å². The Bertz CT molecular complexity index is 367. The zero-order chi connectivity index (χ0) is 10.6. The number of nitrogens with zero attached hydrogens (tertiary/aromatic N) is 1. The molecule has 2 N–H and O–H groups in total. The van der Waals surface area contributed by atoms with E-state index in [9.17, 15) is 10.1 Å². The Balaban J connectivity index is 2.95. The van der Waals surface area contributed by atoms with Gasteiger partial charge in [0.05, 0.1) is 4.92 Å². The van der Waals surface area contributed by atoms with Crippen molar-refractivity contribution in [2.45, 2.75) is 0 Å². The van der Waals surface area contributed by atoms with Gasteiger partial charge in [0.15, 0.2) is 5.11 Å². The number of benzene rings is 1. The lowest BCUT2D eigenvalue weighted by Gasteiger charge is -2.06. The molecule has 74 valence electrons. The van der Waals surface area contributed by atoms with Crippen LogP contribution in [0, 0.1) is 10.1 Å². The highest BCUT2D eigenvalue weighted by molar-refractivity contribution is 7.80. The van der Waals surface area contributed by atoms with Crippen molar-refractivity contribution in [3.05, 3.63) is 34.4 Å². The fraction of sp³-hybridized carbons (Fsp3) is 0.125. The molecule has 0 spiro atoms. The van der Waals surface area contributed by atoms with Crippen molar-refractivity contribution in [1.29, 1.82) is 0 Å². The van der Waals surface area contributed by atoms with E-state index in [1.807, 2.05) is 0 Å². The lowest BCUT2D eigenvalue weighted by atomic mass is 10.3. The minimum atomic E-state index is -0.458. The number of nitro groups is 1. The van der Waals surface area contributed by atoms with Gasteiger partial charge < -0.3 is 10.6 Å². The van der Waals surface area contributed by atoms with Gasteiger partial charge in [-0.15, -0.1) is 0 Å². The summed E-state index contributed by atoms with van der Waals surface area (Å²) in [5.41, 5.74) is 0.391. The van der Waals surface area contributed by atoms with E-state index in [0.717, 1.165) is 0 Å². The average molecular weight is 211 g/mol. The molecule has 1 aromatic carbocycles. The van der Waals surface area contributed by atoms with Gasteiger partial charge in [0.25, 0.3) is 5.69 Å². The second-order valence-corrected chi connectivity index (χ2v) is 2.89. The molecule has 5 nitrogen and oxygen atoms in total. The molecule has 1 aromatic rings. The standard InChI is InChI=1S/C8H9N3O2S/c1-9-8(14)10-6-4-2-3-5-7(6)11(12)13/h2-5H,1H3,(H2,9,10,14). The van der Waals surface area contributed by atoms with Crippen LogP contribution in [-0.4, -0.2) is 17.1 Å². The highest BCUT2D eigenvalue weighted by Crippen LogP contribution is 2.22. The van der Waals surface area contributed by atoms with Gasteiger partial charge in [-0.2, -0.15) is 0 Å². The molecule has 0 heterocycles. The summed E-state index contributed by atoms with van der Waals surface area (Å²) in [5, 5.41) is 16.3. The van der Waals surface area contributed by atoms with E-state index in [-0.39, 0.29) is 5.69 Å². The minimum Gasteiger partial charge on any atom is -0.366 e. The Hall–Kier alpha value is -1.69. The molecule has 1 rings (SSSR count). The van der Waals surface area contributed by atoms with Gasteiger partial charge in [0.1, 0.15) is 5.69 Å². The molecule has 0 radical (unpaired) electrons. The van der Waals surface area contributed by atoms with Crippen molar-refractivity contribution >= 4 is 28.7 Å². The molecule has 0 aliphatic carbocycles. The first-order chi connectivity index (χ1) is 6.65. The summed E-state index contributed by atoms with van der Waals surface area (Å²) in [6.45, 7) is 0. The summed E-state index contributed by atoms with van der Waals surface area (Å²) in [5.74, 6) is 0. The van der Waals surface area contributed by atoms with Crippen LogP contribution in [-0.2, 0) is 0 Å². The Morgan fingerprint density at radius 2 is 2.14 bits per heavy atom. The van der Waals surface area contributed by atoms with Crippen molar-refractivity contribution < 1.29 is 4.92 Å². The van der Waals surface area contributed by atoms with Gasteiger partial charge in [-0.3, -0.25) is 10.1 Å². The zero-order valence-corrected chi connectivity index (χ0v) is 8.30. The maximum absolute atomic E-state index is 10.6. The van der Waals surface area contributed by atoms with Crippen LogP contribution < -0.4 is 10.6 Å². The summed E-state index contributed by atoms with van der Waals surface area (Å²) in [4.78, 5) is 10.1. The van der Waals surface area contributed by atoms with E-state index in [4.69, 9.17) is 12.2 Å². The first-order valence-corrected chi connectivity index (χ1v) is 4.28. The minimum absolute atomic E-state index is 0.00472. The summed E-state index contributed by atoms with van der Waals surface area (Å²) in [7, 11) is 1.64. The van der Waals surface area contributed by atoms with E-state index in [1.54, 1.807) is 25.2 Å². The van der Waals surface area contributed by atoms with Crippen molar-refractivity contribution in [1.82, 2.24) is 5.32 Å². The largest absolute Gasteiger partial charge is 0.366 e. The van der Waals surface area contributed by atoms with Crippen LogP contribution >= 0.6 is 12.2 Å². The molecule has 0 fully saturated rings. The zero-order valence-electron chi connectivity index (χ0n) is 7.48. The molecule has 0 aromatic heterocycles. The van der Waals surface area contributed by atoms with Crippen LogP contribution in [0.3, 0.4) is 0 Å². The monoisotopic (exact) mass is 211 g/mol. The summed E-state index contributed by atoms with van der Waals surface area (Å²) in [6, 6.07) is 6.32. The van der Waals surface area contributed by atoms with E-state index in [0.29, 0.717) is 10.8 Å². The Kier molecular flexibility index (Phi) is 3.35. The normalized spacial score (nSPS) is 9.21. The summed E-state index contributed by atoms with van der Waals surface area (Å²) >= 11 is 4.84. The highest BCUT2D eigenvalue weighted by Gasteiger charge is 2.12. The molecule has 0 saturated heterocycles. The van der Waals surface area contributed by atoms with Gasteiger partial charge in [-0.05, 0) is 18.3 Å². The topological polar surface area (TPSA) is 67.2 Å². The fourth-order valence-corrected chi connectivity index (χ4v) is 1.03. The molecular formula is C8H9N3O2S. The second-order valence-electron chi connectivity index (χ2n) is 2.48. The lowest BCUT2D eigenvalue weighted by molar-refractivity contribution is -0.383. The maximum atomic E-state index is 10.6. The average Bonchev–Trinajstić information content (AvgIpc) is 2.18. The predicted octanol–water partition coefficient (Wildman–Crippen LogP) is 1.51. The van der Waals surface area contributed by atoms with Gasteiger partial charge >= 0.3 is 0 Å². The number of hydrogen-bond donors (Lipinski definition) is 2. The predicted molar refractivity (Wildman–Crippen MR) is 58.4 cm³/mol. The molecule has 0 unspecified atom stereocenters. The molecule has 14 heavy (non-hydrogen) atoms. The van der Waals surface area contributed by atoms with E-state index >= 15 is 0 Å². The number of nitro benzene ring substituents is 1. The SMILES string of the molecule is CNC(=S)Nc1ccccc1[N+](=O)[O-]. The van der Waals surface area contributed by atoms with Crippen LogP contribution in [0.15, 0.2) is 24.3 Å². The van der Waals surface area contributed by atoms with Crippen molar-refractivity contribution in [2.24, 2.45) is 0 Å². The molecule has 6 heteroatoms. The first-order valence-electron chi connectivity index (χ1n) is 3.87. The van der Waals surface area contributed by atoms with Gasteiger partial charge in [-0.25, -0.2) is 0 Å². The molecule has 0 aliphatic rings. The molecule has 0 bridgehead atoms. The fourth-order valence-electron chi connectivity index (χ4n) is 0.923. The van der Waals surface area contributed by atoms with E-state index in [1.165, 1.54) is 6.07 Å². The Labute approximate surface area is 86.3 Å². The van der Waals surface area contributed by atoms with Crippen LogP contribution in [0.2, 0.25) is 0 Å². The third-order valence-electron chi connectivity index (χ3n) is 1.58. The van der Waals surface area contributed by atoms with E-state index in [2.05, 4.69) is 10.6 Å². The quantitative estimate of drug-likeness (QED) is 0.441. The van der Waals surface area contributed by atoms with Gasteiger partial charge in [0, 0.05) is 13.1 Å². The lowest BCUT2D eigenvalue weighted by Crippen LogP contribution is -2.24. The first kappa shape index (κ1) is 10.4. The van der Waals surface area contributed by atoms with Gasteiger partial charge in [-0.1, -0.05) is 12.1 Å². The number of hydrogen-bond acceptors (Lipinski definition) is 3. The maximum Gasteiger partial charge on any atom is 0.292 e. The van der Waals surface area contributed by atoms with Gasteiger partial charge in [0.2, 0.25) is 0 Å². The number of anilines is 1. The molecular weight excluding hydrogens is 202 g/mol. The summed E-state index contributed by atoms with van der Waals surface area (Å²) < 4.78 is 0. The molecule has 0 atom stereocenters. The molecule has 0 aliphatic heterocycles. The number of para-hydroxylation sites is 2. The smallest absolute Gasteiger partial charge is 0.292 e. The second kappa shape index (κ2) is 4.52. The Morgan fingerprint density at radius 1 is 1.50 bits per heavy atom. The third kappa shape index (κ3) is 2.40.